The quantitative estimate of drug-likeness (QED) is 0.864. The highest BCUT2D eigenvalue weighted by molar-refractivity contribution is 5.95. The van der Waals surface area contributed by atoms with Crippen molar-refractivity contribution in [3.63, 3.8) is 0 Å². The topological polar surface area (TPSA) is 69.6 Å². The van der Waals surface area contributed by atoms with Crippen LogP contribution in [0.25, 0.3) is 0 Å². The molecule has 0 aromatic heterocycles. The zero-order valence-corrected chi connectivity index (χ0v) is 14.9. The molecule has 1 heterocycles. The van der Waals surface area contributed by atoms with Crippen LogP contribution in [0.2, 0.25) is 0 Å². The van der Waals surface area contributed by atoms with Crippen LogP contribution in [0.15, 0.2) is 54.6 Å². The third kappa shape index (κ3) is 4.29. The number of hydrogen-bond acceptors (Lipinski definition) is 3. The predicted octanol–water partition coefficient (Wildman–Crippen LogP) is 3.47. The summed E-state index contributed by atoms with van der Waals surface area (Å²) in [5.41, 5.74) is 2.83. The van der Waals surface area contributed by atoms with Gasteiger partial charge in [0.15, 0.2) is 0 Å². The van der Waals surface area contributed by atoms with Crippen LogP contribution in [0, 0.1) is 12.8 Å². The number of nitrogens with one attached hydrogen (secondary N) is 1. The maximum Gasteiger partial charge on any atom is 0.306 e. The summed E-state index contributed by atoms with van der Waals surface area (Å²) in [6, 6.07) is 17.0. The molecule has 2 aromatic carbocycles. The zero-order chi connectivity index (χ0) is 18.5. The first-order chi connectivity index (χ1) is 12.5. The van der Waals surface area contributed by atoms with Gasteiger partial charge in [-0.1, -0.05) is 48.0 Å². The lowest BCUT2D eigenvalue weighted by molar-refractivity contribution is -0.143. The Morgan fingerprint density at radius 2 is 1.65 bits per heavy atom. The van der Waals surface area contributed by atoms with Gasteiger partial charge in [0.05, 0.1) is 5.92 Å². The molecule has 0 radical (unpaired) electrons. The predicted molar refractivity (Wildman–Crippen MR) is 101 cm³/mol. The summed E-state index contributed by atoms with van der Waals surface area (Å²) in [7, 11) is 0. The van der Waals surface area contributed by atoms with E-state index in [0.717, 1.165) is 16.8 Å². The number of hydrogen-bond donors (Lipinski definition) is 2. The highest BCUT2D eigenvalue weighted by atomic mass is 16.4. The van der Waals surface area contributed by atoms with Crippen molar-refractivity contribution in [1.82, 2.24) is 4.90 Å². The second-order valence-electron chi connectivity index (χ2n) is 6.82. The van der Waals surface area contributed by atoms with Crippen molar-refractivity contribution in [2.45, 2.75) is 25.8 Å². The van der Waals surface area contributed by atoms with E-state index in [1.807, 2.05) is 61.5 Å². The summed E-state index contributed by atoms with van der Waals surface area (Å²) in [6.45, 7) is 3.20. The number of aryl methyl sites for hydroxylation is 1. The minimum atomic E-state index is -0.745. The van der Waals surface area contributed by atoms with Crippen molar-refractivity contribution in [1.29, 1.82) is 0 Å². The number of aliphatic carboxylic acids is 1. The maximum absolute atomic E-state index is 13.0. The molecule has 1 amide bonds. The first-order valence-corrected chi connectivity index (χ1v) is 8.94. The number of rotatable bonds is 5. The number of carbonyl (C=O) groups excluding carboxylic acids is 1. The normalized spacial score (nSPS) is 16.8. The van der Waals surface area contributed by atoms with E-state index in [2.05, 4.69) is 10.2 Å². The van der Waals surface area contributed by atoms with Crippen LogP contribution in [0.4, 0.5) is 5.69 Å². The molecule has 1 unspecified atom stereocenters. The molecule has 1 aliphatic rings. The van der Waals surface area contributed by atoms with Gasteiger partial charge in [0, 0.05) is 18.8 Å². The lowest BCUT2D eigenvalue weighted by atomic mass is 9.94. The minimum absolute atomic E-state index is 0.0890. The SMILES string of the molecule is Cc1ccc(NC(=O)C(c2ccccc2)N2CCC(C(=O)O)CC2)cc1. The van der Waals surface area contributed by atoms with Crippen LogP contribution in [-0.4, -0.2) is 35.0 Å². The number of carboxylic acid groups (broad SMARTS) is 1. The molecule has 0 spiro atoms. The summed E-state index contributed by atoms with van der Waals surface area (Å²) in [4.78, 5) is 26.3. The van der Waals surface area contributed by atoms with Gasteiger partial charge in [-0.2, -0.15) is 0 Å². The molecule has 1 atom stereocenters. The number of piperidine rings is 1. The van der Waals surface area contributed by atoms with E-state index < -0.39 is 12.0 Å². The van der Waals surface area contributed by atoms with Gasteiger partial charge in [-0.25, -0.2) is 0 Å². The van der Waals surface area contributed by atoms with E-state index in [9.17, 15) is 14.7 Å². The number of amides is 1. The molecule has 2 N–H and O–H groups in total. The van der Waals surface area contributed by atoms with E-state index in [1.54, 1.807) is 0 Å². The number of nitrogens with zero attached hydrogens (tertiary/aromatic N) is 1. The van der Waals surface area contributed by atoms with Crippen LogP contribution in [-0.2, 0) is 9.59 Å². The van der Waals surface area contributed by atoms with E-state index in [1.165, 1.54) is 0 Å². The van der Waals surface area contributed by atoms with Gasteiger partial charge in [0.1, 0.15) is 6.04 Å². The van der Waals surface area contributed by atoms with Crippen molar-refractivity contribution in [3.8, 4) is 0 Å². The summed E-state index contributed by atoms with van der Waals surface area (Å²) in [5.74, 6) is -1.15. The molecule has 1 aliphatic heterocycles. The molecule has 136 valence electrons. The molecule has 0 bridgehead atoms. The van der Waals surface area contributed by atoms with E-state index >= 15 is 0 Å². The van der Waals surface area contributed by atoms with Gasteiger partial charge in [0.25, 0.3) is 0 Å². The number of carboxylic acids is 1. The minimum Gasteiger partial charge on any atom is -0.481 e. The van der Waals surface area contributed by atoms with Crippen molar-refractivity contribution >= 4 is 17.6 Å². The van der Waals surface area contributed by atoms with Crippen LogP contribution < -0.4 is 5.32 Å². The molecule has 3 rings (SSSR count). The molecule has 2 aromatic rings. The molecule has 1 saturated heterocycles. The highest BCUT2D eigenvalue weighted by Gasteiger charge is 2.33. The van der Waals surface area contributed by atoms with Crippen molar-refractivity contribution in [2.75, 3.05) is 18.4 Å². The first kappa shape index (κ1) is 18.1. The molecule has 5 nitrogen and oxygen atoms in total. The van der Waals surface area contributed by atoms with Gasteiger partial charge < -0.3 is 10.4 Å². The summed E-state index contributed by atoms with van der Waals surface area (Å²) >= 11 is 0. The Morgan fingerprint density at radius 1 is 1.04 bits per heavy atom. The fraction of sp³-hybridized carbons (Fsp3) is 0.333. The number of carbonyl (C=O) groups is 2. The number of likely N-dealkylation sites (tertiary alicyclic amines) is 1. The van der Waals surface area contributed by atoms with Crippen molar-refractivity contribution in [2.24, 2.45) is 5.92 Å². The van der Waals surface area contributed by atoms with Crippen LogP contribution >= 0.6 is 0 Å². The molecule has 0 aliphatic carbocycles. The third-order valence-corrected chi connectivity index (χ3v) is 4.93. The smallest absolute Gasteiger partial charge is 0.306 e. The van der Waals surface area contributed by atoms with Crippen molar-refractivity contribution < 1.29 is 14.7 Å². The molecular weight excluding hydrogens is 328 g/mol. The zero-order valence-electron chi connectivity index (χ0n) is 14.9. The Morgan fingerprint density at radius 3 is 2.23 bits per heavy atom. The molecule has 1 fully saturated rings. The second kappa shape index (κ2) is 8.15. The van der Waals surface area contributed by atoms with Crippen LogP contribution in [0.1, 0.15) is 30.0 Å². The lowest BCUT2D eigenvalue weighted by Crippen LogP contribution is -2.43. The fourth-order valence-electron chi connectivity index (χ4n) is 3.42. The fourth-order valence-corrected chi connectivity index (χ4v) is 3.42. The van der Waals surface area contributed by atoms with Crippen LogP contribution in [0.3, 0.4) is 0 Å². The first-order valence-electron chi connectivity index (χ1n) is 8.94. The Bertz CT molecular complexity index is 751. The number of anilines is 1. The van der Waals surface area contributed by atoms with Crippen molar-refractivity contribution in [3.05, 3.63) is 65.7 Å². The summed E-state index contributed by atoms with van der Waals surface area (Å²) < 4.78 is 0. The van der Waals surface area contributed by atoms with E-state index in [4.69, 9.17) is 0 Å². The Labute approximate surface area is 153 Å². The second-order valence-corrected chi connectivity index (χ2v) is 6.82. The maximum atomic E-state index is 13.0. The van der Waals surface area contributed by atoms with Gasteiger partial charge in [-0.15, -0.1) is 0 Å². The average Bonchev–Trinajstić information content (AvgIpc) is 2.65. The average molecular weight is 352 g/mol. The standard InChI is InChI=1S/C21H24N2O3/c1-15-7-9-18(10-8-15)22-20(24)19(16-5-3-2-4-6-16)23-13-11-17(12-14-23)21(25)26/h2-10,17,19H,11-14H2,1H3,(H,22,24)(H,25,26). The molecule has 0 saturated carbocycles. The Balaban J connectivity index is 1.79. The van der Waals surface area contributed by atoms with E-state index in [0.29, 0.717) is 25.9 Å². The summed E-state index contributed by atoms with van der Waals surface area (Å²) in [6.07, 6.45) is 1.13. The lowest BCUT2D eigenvalue weighted by Gasteiger charge is -2.35. The molecular formula is C21H24N2O3. The Hall–Kier alpha value is -2.66. The number of benzene rings is 2. The van der Waals surface area contributed by atoms with Gasteiger partial charge in [-0.3, -0.25) is 14.5 Å². The summed E-state index contributed by atoms with van der Waals surface area (Å²) in [5, 5.41) is 12.2. The highest BCUT2D eigenvalue weighted by Crippen LogP contribution is 2.28. The monoisotopic (exact) mass is 352 g/mol. The van der Waals surface area contributed by atoms with Crippen LogP contribution in [0.5, 0.6) is 0 Å². The van der Waals surface area contributed by atoms with Gasteiger partial charge in [0.2, 0.25) is 5.91 Å². The van der Waals surface area contributed by atoms with Gasteiger partial charge >= 0.3 is 5.97 Å². The molecule has 26 heavy (non-hydrogen) atoms. The van der Waals surface area contributed by atoms with Gasteiger partial charge in [-0.05, 0) is 37.5 Å². The Kier molecular flexibility index (Phi) is 5.68. The third-order valence-electron chi connectivity index (χ3n) is 4.93. The van der Waals surface area contributed by atoms with E-state index in [-0.39, 0.29) is 11.8 Å². The molecule has 5 heteroatoms. The largest absolute Gasteiger partial charge is 0.481 e.